The van der Waals surface area contributed by atoms with Crippen molar-refractivity contribution in [3.05, 3.63) is 81.8 Å². The molecule has 0 radical (unpaired) electrons. The summed E-state index contributed by atoms with van der Waals surface area (Å²) in [6, 6.07) is 17.5. The Kier molecular flexibility index (Phi) is 4.66. The Morgan fingerprint density at radius 1 is 1.11 bits per heavy atom. The number of carbonyl (C=O) groups excluding carboxylic acids is 1. The van der Waals surface area contributed by atoms with Gasteiger partial charge in [0, 0.05) is 7.05 Å². The van der Waals surface area contributed by atoms with Crippen molar-refractivity contribution < 1.29 is 4.79 Å². The number of aromatic nitrogens is 2. The second kappa shape index (κ2) is 7.12. The van der Waals surface area contributed by atoms with Crippen LogP contribution in [0.5, 0.6) is 0 Å². The van der Waals surface area contributed by atoms with Crippen LogP contribution in [0.25, 0.3) is 5.69 Å². The second-order valence-corrected chi connectivity index (χ2v) is 7.84. The van der Waals surface area contributed by atoms with Crippen molar-refractivity contribution in [3.63, 3.8) is 0 Å². The number of nitrogens with zero attached hydrogens (tertiary/aromatic N) is 2. The predicted octanol–water partition coefficient (Wildman–Crippen LogP) is 3.45. The molecule has 0 aliphatic carbocycles. The van der Waals surface area contributed by atoms with Crippen molar-refractivity contribution in [2.45, 2.75) is 18.6 Å². The van der Waals surface area contributed by atoms with Crippen LogP contribution in [0.15, 0.2) is 59.4 Å². The molecule has 1 aromatic heterocycles. The van der Waals surface area contributed by atoms with Crippen molar-refractivity contribution in [3.8, 4) is 5.69 Å². The SMILES string of the molecule is Cc1c(NC(=O)[C@H]2SCCc3ccccc32)c(=O)n(-c2ccccc2)n1C. The normalized spacial score (nSPS) is 16.0. The molecule has 138 valence electrons. The Bertz CT molecular complexity index is 1050. The van der Waals surface area contributed by atoms with Gasteiger partial charge in [-0.3, -0.25) is 14.3 Å². The first kappa shape index (κ1) is 17.7. The summed E-state index contributed by atoms with van der Waals surface area (Å²) in [4.78, 5) is 26.0. The highest BCUT2D eigenvalue weighted by atomic mass is 32.2. The number of amides is 1. The Labute approximate surface area is 162 Å². The number of rotatable bonds is 3. The van der Waals surface area contributed by atoms with E-state index in [0.29, 0.717) is 5.69 Å². The monoisotopic (exact) mass is 379 g/mol. The van der Waals surface area contributed by atoms with E-state index in [1.54, 1.807) is 21.1 Å². The molecule has 1 N–H and O–H groups in total. The number of aryl methyl sites for hydroxylation is 1. The van der Waals surface area contributed by atoms with Gasteiger partial charge in [0.05, 0.1) is 11.4 Å². The molecule has 27 heavy (non-hydrogen) atoms. The van der Waals surface area contributed by atoms with E-state index in [9.17, 15) is 9.59 Å². The molecule has 4 rings (SSSR count). The summed E-state index contributed by atoms with van der Waals surface area (Å²) < 4.78 is 3.35. The van der Waals surface area contributed by atoms with Crippen molar-refractivity contribution in [2.75, 3.05) is 11.1 Å². The van der Waals surface area contributed by atoms with E-state index in [4.69, 9.17) is 0 Å². The smallest absolute Gasteiger partial charge is 0.295 e. The van der Waals surface area contributed by atoms with Gasteiger partial charge in [-0.25, -0.2) is 4.68 Å². The number of carbonyl (C=O) groups is 1. The first-order valence-electron chi connectivity index (χ1n) is 8.92. The molecule has 3 aromatic rings. The van der Waals surface area contributed by atoms with Crippen LogP contribution in [0.1, 0.15) is 22.1 Å². The van der Waals surface area contributed by atoms with Crippen LogP contribution >= 0.6 is 11.8 Å². The molecule has 0 bridgehead atoms. The first-order chi connectivity index (χ1) is 13.1. The van der Waals surface area contributed by atoms with Gasteiger partial charge in [-0.05, 0) is 42.4 Å². The summed E-state index contributed by atoms with van der Waals surface area (Å²) in [5.74, 6) is 0.759. The molecule has 1 aliphatic rings. The molecule has 1 atom stereocenters. The van der Waals surface area contributed by atoms with Gasteiger partial charge in [0.2, 0.25) is 5.91 Å². The van der Waals surface area contributed by atoms with Crippen LogP contribution in [0, 0.1) is 6.92 Å². The van der Waals surface area contributed by atoms with Crippen LogP contribution in [0.2, 0.25) is 0 Å². The third-order valence-corrected chi connectivity index (χ3v) is 6.28. The number of benzene rings is 2. The number of thioether (sulfide) groups is 1. The number of fused-ring (bicyclic) bond motifs is 1. The highest BCUT2D eigenvalue weighted by molar-refractivity contribution is 8.00. The number of hydrogen-bond acceptors (Lipinski definition) is 3. The maximum Gasteiger partial charge on any atom is 0.295 e. The zero-order chi connectivity index (χ0) is 19.0. The van der Waals surface area contributed by atoms with Crippen molar-refractivity contribution >= 4 is 23.4 Å². The van der Waals surface area contributed by atoms with Crippen LogP contribution < -0.4 is 10.9 Å². The predicted molar refractivity (Wildman–Crippen MR) is 110 cm³/mol. The van der Waals surface area contributed by atoms with Crippen LogP contribution in [0.3, 0.4) is 0 Å². The topological polar surface area (TPSA) is 56.0 Å². The van der Waals surface area contributed by atoms with Gasteiger partial charge in [0.15, 0.2) is 0 Å². The maximum absolute atomic E-state index is 13.0. The van der Waals surface area contributed by atoms with Crippen LogP contribution in [-0.2, 0) is 18.3 Å². The van der Waals surface area contributed by atoms with Gasteiger partial charge >= 0.3 is 0 Å². The lowest BCUT2D eigenvalue weighted by molar-refractivity contribution is -0.115. The Balaban J connectivity index is 1.68. The lowest BCUT2D eigenvalue weighted by Gasteiger charge is -2.24. The van der Waals surface area contributed by atoms with Gasteiger partial charge in [0.25, 0.3) is 5.56 Å². The number of para-hydroxylation sites is 1. The summed E-state index contributed by atoms with van der Waals surface area (Å²) in [7, 11) is 1.82. The third kappa shape index (κ3) is 3.10. The van der Waals surface area contributed by atoms with Gasteiger partial charge in [-0.2, -0.15) is 0 Å². The van der Waals surface area contributed by atoms with Gasteiger partial charge in [0.1, 0.15) is 10.9 Å². The molecule has 0 spiro atoms. The summed E-state index contributed by atoms with van der Waals surface area (Å²) in [6.07, 6.45) is 0.968. The van der Waals surface area contributed by atoms with Gasteiger partial charge in [-0.1, -0.05) is 42.5 Å². The van der Waals surface area contributed by atoms with E-state index in [-0.39, 0.29) is 16.7 Å². The molecule has 5 nitrogen and oxygen atoms in total. The molecule has 0 unspecified atom stereocenters. The quantitative estimate of drug-likeness (QED) is 0.758. The molecule has 6 heteroatoms. The van der Waals surface area contributed by atoms with Crippen LogP contribution in [0.4, 0.5) is 5.69 Å². The minimum atomic E-state index is -0.292. The number of hydrogen-bond donors (Lipinski definition) is 1. The van der Waals surface area contributed by atoms with E-state index in [1.807, 2.05) is 62.5 Å². The molecule has 0 saturated heterocycles. The second-order valence-electron chi connectivity index (χ2n) is 6.63. The van der Waals surface area contributed by atoms with E-state index < -0.39 is 0 Å². The van der Waals surface area contributed by atoms with Crippen molar-refractivity contribution in [1.29, 1.82) is 0 Å². The fourth-order valence-corrected chi connectivity index (χ4v) is 4.71. The average molecular weight is 379 g/mol. The Hall–Kier alpha value is -2.73. The Morgan fingerprint density at radius 2 is 1.81 bits per heavy atom. The lowest BCUT2D eigenvalue weighted by atomic mass is 10.0. The minimum absolute atomic E-state index is 0.141. The third-order valence-electron chi connectivity index (χ3n) is 5.03. The van der Waals surface area contributed by atoms with E-state index >= 15 is 0 Å². The zero-order valence-electron chi connectivity index (χ0n) is 15.3. The van der Waals surface area contributed by atoms with Gasteiger partial charge < -0.3 is 5.32 Å². The fraction of sp³-hybridized carbons (Fsp3) is 0.238. The molecular formula is C21H21N3O2S. The molecule has 2 heterocycles. The molecule has 1 aliphatic heterocycles. The molecule has 0 saturated carbocycles. The van der Waals surface area contributed by atoms with E-state index in [1.165, 1.54) is 5.56 Å². The van der Waals surface area contributed by atoms with Crippen LogP contribution in [-0.4, -0.2) is 21.0 Å². The number of anilines is 1. The molecule has 0 fully saturated rings. The average Bonchev–Trinajstić information content (AvgIpc) is 2.91. The molecule has 2 aromatic carbocycles. The van der Waals surface area contributed by atoms with E-state index in [0.717, 1.165) is 29.1 Å². The largest absolute Gasteiger partial charge is 0.319 e. The number of nitrogens with one attached hydrogen (secondary N) is 1. The fourth-order valence-electron chi connectivity index (χ4n) is 3.51. The molecule has 1 amide bonds. The summed E-state index contributed by atoms with van der Waals surface area (Å²) in [5, 5.41) is 2.61. The highest BCUT2D eigenvalue weighted by Crippen LogP contribution is 2.37. The lowest BCUT2D eigenvalue weighted by Crippen LogP contribution is -2.27. The summed E-state index contributed by atoms with van der Waals surface area (Å²) in [6.45, 7) is 1.85. The van der Waals surface area contributed by atoms with Crippen molar-refractivity contribution in [2.24, 2.45) is 7.05 Å². The van der Waals surface area contributed by atoms with E-state index in [2.05, 4.69) is 11.4 Å². The summed E-state index contributed by atoms with van der Waals surface area (Å²) >= 11 is 1.62. The maximum atomic E-state index is 13.0. The highest BCUT2D eigenvalue weighted by Gasteiger charge is 2.28. The van der Waals surface area contributed by atoms with Gasteiger partial charge in [-0.15, -0.1) is 11.8 Å². The van der Waals surface area contributed by atoms with Crippen molar-refractivity contribution in [1.82, 2.24) is 9.36 Å². The standard InChI is InChI=1S/C21H21N3O2S/c1-14-18(21(26)24(23(14)2)16-9-4-3-5-10-16)22-20(25)19-17-11-7-6-8-15(17)12-13-27-19/h3-11,19H,12-13H2,1-2H3,(H,22,25)/t19-/m0/s1. The minimum Gasteiger partial charge on any atom is -0.319 e. The molecular weight excluding hydrogens is 358 g/mol. The summed E-state index contributed by atoms with van der Waals surface area (Å²) in [5.41, 5.74) is 3.88. The first-order valence-corrected chi connectivity index (χ1v) is 9.97. The zero-order valence-corrected chi connectivity index (χ0v) is 16.1. The Morgan fingerprint density at radius 3 is 2.59 bits per heavy atom.